The van der Waals surface area contributed by atoms with Gasteiger partial charge in [0.1, 0.15) is 12.4 Å². The first-order valence-corrected chi connectivity index (χ1v) is 6.22. The highest BCUT2D eigenvalue weighted by molar-refractivity contribution is 5.35. The lowest BCUT2D eigenvalue weighted by molar-refractivity contribution is 0.181. The van der Waals surface area contributed by atoms with Gasteiger partial charge in [-0.15, -0.1) is 0 Å². The third-order valence-electron chi connectivity index (χ3n) is 3.13. The Morgan fingerprint density at radius 3 is 2.35 bits per heavy atom. The fraction of sp³-hybridized carbons (Fsp3) is 0.600. The maximum absolute atomic E-state index is 5.91. The van der Waals surface area contributed by atoms with Crippen LogP contribution in [0.4, 0.5) is 0 Å². The van der Waals surface area contributed by atoms with Crippen molar-refractivity contribution in [1.82, 2.24) is 5.32 Å². The summed E-state index contributed by atoms with van der Waals surface area (Å²) in [7, 11) is 1.99. The zero-order chi connectivity index (χ0) is 13.1. The van der Waals surface area contributed by atoms with Crippen molar-refractivity contribution in [3.63, 3.8) is 0 Å². The van der Waals surface area contributed by atoms with Crippen LogP contribution in [0.25, 0.3) is 0 Å². The van der Waals surface area contributed by atoms with E-state index in [1.807, 2.05) is 7.05 Å². The molecule has 0 bridgehead atoms. The van der Waals surface area contributed by atoms with Crippen LogP contribution in [0.15, 0.2) is 18.2 Å². The summed E-state index contributed by atoms with van der Waals surface area (Å²) in [5, 5.41) is 3.32. The number of nitrogens with one attached hydrogen (secondary N) is 1. The van der Waals surface area contributed by atoms with Crippen LogP contribution in [0.2, 0.25) is 0 Å². The summed E-state index contributed by atoms with van der Waals surface area (Å²) in [5.74, 6) is 0.986. The summed E-state index contributed by atoms with van der Waals surface area (Å²) in [6.45, 7) is 11.6. The van der Waals surface area contributed by atoms with Gasteiger partial charge < -0.3 is 10.1 Å². The Kier molecular flexibility index (Phi) is 4.58. The molecule has 1 N–H and O–H groups in total. The van der Waals surface area contributed by atoms with Crippen molar-refractivity contribution in [3.05, 3.63) is 29.3 Å². The number of likely N-dealkylation sites (N-methyl/N-ethyl adjacent to an activating group) is 1. The summed E-state index contributed by atoms with van der Waals surface area (Å²) in [4.78, 5) is 0. The highest BCUT2D eigenvalue weighted by atomic mass is 16.5. The first-order chi connectivity index (χ1) is 7.84. The minimum atomic E-state index is 0.202. The second-order valence-electron chi connectivity index (χ2n) is 5.79. The average molecular weight is 235 g/mol. The predicted molar refractivity (Wildman–Crippen MR) is 73.7 cm³/mol. The molecular weight excluding hydrogens is 210 g/mol. The minimum Gasteiger partial charge on any atom is -0.492 e. The Labute approximate surface area is 105 Å². The van der Waals surface area contributed by atoms with Crippen molar-refractivity contribution in [2.24, 2.45) is 5.41 Å². The molecule has 0 saturated carbocycles. The van der Waals surface area contributed by atoms with Gasteiger partial charge in [0.2, 0.25) is 0 Å². The average Bonchev–Trinajstić information content (AvgIpc) is 2.19. The third kappa shape index (κ3) is 4.04. The van der Waals surface area contributed by atoms with E-state index >= 15 is 0 Å². The summed E-state index contributed by atoms with van der Waals surface area (Å²) < 4.78 is 5.91. The molecule has 0 aromatic heterocycles. The van der Waals surface area contributed by atoms with Crippen LogP contribution in [-0.2, 0) is 0 Å². The largest absolute Gasteiger partial charge is 0.492 e. The molecule has 1 atom stereocenters. The van der Waals surface area contributed by atoms with E-state index in [9.17, 15) is 0 Å². The second kappa shape index (κ2) is 5.54. The molecular formula is C15H25NO. The molecule has 0 fully saturated rings. The fourth-order valence-electron chi connectivity index (χ4n) is 1.90. The Balaban J connectivity index is 2.66. The molecule has 1 aromatic rings. The maximum Gasteiger partial charge on any atom is 0.122 e. The Morgan fingerprint density at radius 1 is 1.24 bits per heavy atom. The van der Waals surface area contributed by atoms with E-state index in [2.05, 4.69) is 58.1 Å². The molecule has 0 aliphatic heterocycles. The summed E-state index contributed by atoms with van der Waals surface area (Å²) in [6.07, 6.45) is 0. The van der Waals surface area contributed by atoms with Crippen LogP contribution >= 0.6 is 0 Å². The van der Waals surface area contributed by atoms with Crippen LogP contribution in [0.3, 0.4) is 0 Å². The highest BCUT2D eigenvalue weighted by Crippen LogP contribution is 2.22. The zero-order valence-corrected chi connectivity index (χ0v) is 11.9. The summed E-state index contributed by atoms with van der Waals surface area (Å²) >= 11 is 0. The van der Waals surface area contributed by atoms with Crippen molar-refractivity contribution in [3.8, 4) is 5.75 Å². The number of ether oxygens (including phenoxy) is 1. The molecule has 0 saturated heterocycles. The van der Waals surface area contributed by atoms with Crippen molar-refractivity contribution in [1.29, 1.82) is 0 Å². The smallest absolute Gasteiger partial charge is 0.122 e. The third-order valence-corrected chi connectivity index (χ3v) is 3.13. The molecule has 1 aromatic carbocycles. The molecule has 0 heterocycles. The maximum atomic E-state index is 5.91. The normalized spacial score (nSPS) is 13.5. The van der Waals surface area contributed by atoms with Crippen molar-refractivity contribution in [2.45, 2.75) is 40.7 Å². The van der Waals surface area contributed by atoms with Gasteiger partial charge in [0.25, 0.3) is 0 Å². The van der Waals surface area contributed by atoms with Gasteiger partial charge in [-0.2, -0.15) is 0 Å². The lowest BCUT2D eigenvalue weighted by atomic mass is 9.87. The Hall–Kier alpha value is -1.02. The van der Waals surface area contributed by atoms with Crippen LogP contribution in [0.1, 0.15) is 31.9 Å². The summed E-state index contributed by atoms with van der Waals surface area (Å²) in [5.41, 5.74) is 2.68. The van der Waals surface area contributed by atoms with Crippen molar-refractivity contribution in [2.75, 3.05) is 13.7 Å². The van der Waals surface area contributed by atoms with Crippen LogP contribution < -0.4 is 10.1 Å². The molecule has 0 amide bonds. The molecule has 0 aliphatic carbocycles. The standard InChI is InChI=1S/C15H25NO/c1-11-7-8-13(12(2)9-11)17-10-14(16-6)15(3,4)5/h7-9,14,16H,10H2,1-6H3. The number of hydrogen-bond donors (Lipinski definition) is 1. The first kappa shape index (κ1) is 14.0. The van der Waals surface area contributed by atoms with E-state index in [4.69, 9.17) is 4.74 Å². The van der Waals surface area contributed by atoms with Gasteiger partial charge in [0.05, 0.1) is 0 Å². The molecule has 0 aliphatic rings. The molecule has 0 radical (unpaired) electrons. The Morgan fingerprint density at radius 2 is 1.88 bits per heavy atom. The molecule has 2 nitrogen and oxygen atoms in total. The van der Waals surface area contributed by atoms with Gasteiger partial charge >= 0.3 is 0 Å². The highest BCUT2D eigenvalue weighted by Gasteiger charge is 2.23. The van der Waals surface area contributed by atoms with Crippen LogP contribution in [-0.4, -0.2) is 19.7 Å². The van der Waals surface area contributed by atoms with Crippen molar-refractivity contribution < 1.29 is 4.74 Å². The molecule has 1 rings (SSSR count). The SMILES string of the molecule is CNC(COc1ccc(C)cc1C)C(C)(C)C. The van der Waals surface area contributed by atoms with E-state index in [1.165, 1.54) is 11.1 Å². The van der Waals surface area contributed by atoms with E-state index in [1.54, 1.807) is 0 Å². The quantitative estimate of drug-likeness (QED) is 0.864. The number of hydrogen-bond acceptors (Lipinski definition) is 2. The molecule has 96 valence electrons. The zero-order valence-electron chi connectivity index (χ0n) is 11.9. The molecule has 0 spiro atoms. The predicted octanol–water partition coefficient (Wildman–Crippen LogP) is 3.32. The Bertz CT molecular complexity index is 366. The van der Waals surface area contributed by atoms with Gasteiger partial charge in [0, 0.05) is 6.04 Å². The lowest BCUT2D eigenvalue weighted by Gasteiger charge is -2.30. The first-order valence-electron chi connectivity index (χ1n) is 6.22. The number of rotatable bonds is 4. The van der Waals surface area contributed by atoms with Gasteiger partial charge in [-0.25, -0.2) is 0 Å². The minimum absolute atomic E-state index is 0.202. The fourth-order valence-corrected chi connectivity index (χ4v) is 1.90. The number of aryl methyl sites for hydroxylation is 2. The number of benzene rings is 1. The van der Waals surface area contributed by atoms with E-state index in [0.717, 1.165) is 5.75 Å². The molecule has 17 heavy (non-hydrogen) atoms. The molecule has 1 unspecified atom stereocenters. The monoisotopic (exact) mass is 235 g/mol. The van der Waals surface area contributed by atoms with Gasteiger partial charge in [-0.3, -0.25) is 0 Å². The second-order valence-corrected chi connectivity index (χ2v) is 5.79. The van der Waals surface area contributed by atoms with Gasteiger partial charge in [-0.1, -0.05) is 38.5 Å². The van der Waals surface area contributed by atoms with E-state index in [0.29, 0.717) is 12.6 Å². The van der Waals surface area contributed by atoms with Gasteiger partial charge in [-0.05, 0) is 37.9 Å². The van der Waals surface area contributed by atoms with E-state index < -0.39 is 0 Å². The lowest BCUT2D eigenvalue weighted by Crippen LogP contribution is -2.42. The van der Waals surface area contributed by atoms with Crippen LogP contribution in [0, 0.1) is 19.3 Å². The topological polar surface area (TPSA) is 21.3 Å². The van der Waals surface area contributed by atoms with E-state index in [-0.39, 0.29) is 5.41 Å². The van der Waals surface area contributed by atoms with Crippen molar-refractivity contribution >= 4 is 0 Å². The molecule has 2 heteroatoms. The summed E-state index contributed by atoms with van der Waals surface area (Å²) in [6, 6.07) is 6.65. The van der Waals surface area contributed by atoms with Crippen LogP contribution in [0.5, 0.6) is 5.75 Å². The van der Waals surface area contributed by atoms with Gasteiger partial charge in [0.15, 0.2) is 0 Å².